The summed E-state index contributed by atoms with van der Waals surface area (Å²) < 4.78 is 38.5. The fourth-order valence-corrected chi connectivity index (χ4v) is 4.30. The molecule has 1 aliphatic carbocycles. The summed E-state index contributed by atoms with van der Waals surface area (Å²) in [6, 6.07) is 2.37. The normalized spacial score (nSPS) is 32.9. The molecule has 1 saturated carbocycles. The molecular formula is C18H24F3N5O. The second kappa shape index (κ2) is 6.72. The van der Waals surface area contributed by atoms with Crippen molar-refractivity contribution < 1.29 is 18.0 Å². The number of aromatic nitrogens is 1. The number of hydrazine groups is 1. The van der Waals surface area contributed by atoms with Crippen LogP contribution in [0.3, 0.4) is 0 Å². The van der Waals surface area contributed by atoms with E-state index in [1.54, 1.807) is 0 Å². The molecule has 0 aromatic carbocycles. The SMILES string of the molecule is CC[C@H](c1ccc(C(F)(F)F)nc1)N1NC(C2CC2)C2C(=O)NC(C)NC21. The van der Waals surface area contributed by atoms with Crippen LogP contribution in [0.25, 0.3) is 0 Å². The lowest BCUT2D eigenvalue weighted by molar-refractivity contribution is -0.141. The van der Waals surface area contributed by atoms with Crippen LogP contribution in [-0.2, 0) is 11.0 Å². The van der Waals surface area contributed by atoms with E-state index in [9.17, 15) is 18.0 Å². The van der Waals surface area contributed by atoms with Crippen LogP contribution in [0.4, 0.5) is 13.2 Å². The summed E-state index contributed by atoms with van der Waals surface area (Å²) in [5.74, 6) is 0.274. The van der Waals surface area contributed by atoms with Gasteiger partial charge < -0.3 is 5.32 Å². The largest absolute Gasteiger partial charge is 0.433 e. The maximum absolute atomic E-state index is 12.8. The Morgan fingerprint density at radius 2 is 2.07 bits per heavy atom. The molecule has 5 atom stereocenters. The van der Waals surface area contributed by atoms with Gasteiger partial charge in [-0.05, 0) is 43.7 Å². The van der Waals surface area contributed by atoms with Crippen molar-refractivity contribution in [3.05, 3.63) is 29.6 Å². The molecule has 9 heteroatoms. The molecule has 0 bridgehead atoms. The van der Waals surface area contributed by atoms with Gasteiger partial charge >= 0.3 is 6.18 Å². The Balaban J connectivity index is 1.62. The first-order valence-corrected chi connectivity index (χ1v) is 9.43. The average molecular weight is 383 g/mol. The van der Waals surface area contributed by atoms with Gasteiger partial charge in [0.1, 0.15) is 5.69 Å². The molecule has 1 amide bonds. The maximum Gasteiger partial charge on any atom is 0.433 e. The minimum Gasteiger partial charge on any atom is -0.341 e. The number of nitrogens with zero attached hydrogens (tertiary/aromatic N) is 2. The molecule has 0 spiro atoms. The van der Waals surface area contributed by atoms with Crippen molar-refractivity contribution in [2.24, 2.45) is 11.8 Å². The summed E-state index contributed by atoms with van der Waals surface area (Å²) >= 11 is 0. The van der Waals surface area contributed by atoms with Crippen molar-refractivity contribution in [1.82, 2.24) is 26.1 Å². The van der Waals surface area contributed by atoms with Crippen LogP contribution in [0, 0.1) is 11.8 Å². The van der Waals surface area contributed by atoms with Gasteiger partial charge in [-0.2, -0.15) is 13.2 Å². The molecule has 0 radical (unpaired) electrons. The number of amides is 1. The first-order valence-electron chi connectivity index (χ1n) is 9.43. The predicted octanol–water partition coefficient (Wildman–Crippen LogP) is 2.16. The van der Waals surface area contributed by atoms with Gasteiger partial charge in [0.05, 0.1) is 24.3 Å². The minimum absolute atomic E-state index is 0.0264. The van der Waals surface area contributed by atoms with Crippen LogP contribution in [0.15, 0.2) is 18.3 Å². The van der Waals surface area contributed by atoms with Gasteiger partial charge in [-0.3, -0.25) is 15.1 Å². The number of halogens is 3. The number of hydrogen-bond acceptors (Lipinski definition) is 5. The molecule has 27 heavy (non-hydrogen) atoms. The van der Waals surface area contributed by atoms with E-state index in [0.717, 1.165) is 18.9 Å². The topological polar surface area (TPSA) is 69.3 Å². The van der Waals surface area contributed by atoms with E-state index in [1.807, 2.05) is 18.9 Å². The Bertz CT molecular complexity index is 706. The van der Waals surface area contributed by atoms with E-state index >= 15 is 0 Å². The molecule has 1 aromatic rings. The number of hydrogen-bond donors (Lipinski definition) is 3. The van der Waals surface area contributed by atoms with Gasteiger partial charge in [0.25, 0.3) is 0 Å². The van der Waals surface area contributed by atoms with Crippen LogP contribution in [0.1, 0.15) is 50.4 Å². The summed E-state index contributed by atoms with van der Waals surface area (Å²) in [6.45, 7) is 3.87. The maximum atomic E-state index is 12.8. The lowest BCUT2D eigenvalue weighted by atomic mass is 9.91. The summed E-state index contributed by atoms with van der Waals surface area (Å²) in [4.78, 5) is 16.2. The van der Waals surface area contributed by atoms with Crippen molar-refractivity contribution >= 4 is 5.91 Å². The first kappa shape index (κ1) is 18.6. The Kier molecular flexibility index (Phi) is 4.64. The standard InChI is InChI=1S/C18H24F3N5O/c1-3-12(11-6-7-13(22-8-11)18(19,20)21)26-16-14(15(25-26)10-4-5-10)17(27)24-9(2)23-16/h6-10,12,14-16,23,25H,3-5H2,1-2H3,(H,24,27)/t9?,12-,14?,15?,16?/m1/s1. The smallest absolute Gasteiger partial charge is 0.341 e. The fraction of sp³-hybridized carbons (Fsp3) is 0.667. The molecular weight excluding hydrogens is 359 g/mol. The zero-order chi connectivity index (χ0) is 19.3. The van der Waals surface area contributed by atoms with Gasteiger partial charge in [0.2, 0.25) is 5.91 Å². The van der Waals surface area contributed by atoms with Gasteiger partial charge in [-0.25, -0.2) is 10.4 Å². The number of alkyl halides is 3. The van der Waals surface area contributed by atoms with Crippen LogP contribution in [-0.4, -0.2) is 34.3 Å². The number of carbonyl (C=O) groups is 1. The lowest BCUT2D eigenvalue weighted by Gasteiger charge is -2.38. The number of rotatable bonds is 4. The molecule has 4 rings (SSSR count). The number of nitrogens with one attached hydrogen (secondary N) is 3. The van der Waals surface area contributed by atoms with Gasteiger partial charge in [-0.1, -0.05) is 13.0 Å². The molecule has 3 fully saturated rings. The van der Waals surface area contributed by atoms with Crippen molar-refractivity contribution in [3.8, 4) is 0 Å². The second-order valence-corrected chi connectivity index (χ2v) is 7.67. The fourth-order valence-electron chi connectivity index (χ4n) is 4.30. The highest BCUT2D eigenvalue weighted by atomic mass is 19.4. The number of carbonyl (C=O) groups excluding carboxylic acids is 1. The van der Waals surface area contributed by atoms with Crippen LogP contribution < -0.4 is 16.1 Å². The molecule has 6 nitrogen and oxygen atoms in total. The van der Waals surface area contributed by atoms with Gasteiger partial charge in [0, 0.05) is 12.2 Å². The second-order valence-electron chi connectivity index (χ2n) is 7.67. The highest BCUT2D eigenvalue weighted by molar-refractivity contribution is 5.81. The summed E-state index contributed by atoms with van der Waals surface area (Å²) in [5, 5.41) is 8.39. The molecule has 4 unspecified atom stereocenters. The molecule has 2 saturated heterocycles. The Labute approximate surface area is 155 Å². The summed E-state index contributed by atoms with van der Waals surface area (Å²) in [5.41, 5.74) is 3.31. The molecule has 3 heterocycles. The Hall–Kier alpha value is -1.71. The highest BCUT2D eigenvalue weighted by Gasteiger charge is 2.54. The predicted molar refractivity (Wildman–Crippen MR) is 91.8 cm³/mol. The highest BCUT2D eigenvalue weighted by Crippen LogP contribution is 2.43. The molecule has 148 valence electrons. The third-order valence-electron chi connectivity index (χ3n) is 5.72. The Morgan fingerprint density at radius 1 is 1.33 bits per heavy atom. The lowest BCUT2D eigenvalue weighted by Crippen LogP contribution is -2.63. The third-order valence-corrected chi connectivity index (χ3v) is 5.72. The zero-order valence-corrected chi connectivity index (χ0v) is 15.3. The first-order chi connectivity index (χ1) is 12.8. The molecule has 2 aliphatic heterocycles. The molecule has 3 aliphatic rings. The zero-order valence-electron chi connectivity index (χ0n) is 15.3. The quantitative estimate of drug-likeness (QED) is 0.744. The number of fused-ring (bicyclic) bond motifs is 1. The molecule has 1 aromatic heterocycles. The van der Waals surface area contributed by atoms with Crippen molar-refractivity contribution in [2.75, 3.05) is 0 Å². The van der Waals surface area contributed by atoms with Crippen molar-refractivity contribution in [1.29, 1.82) is 0 Å². The van der Waals surface area contributed by atoms with Crippen molar-refractivity contribution in [2.45, 2.75) is 63.7 Å². The van der Waals surface area contributed by atoms with E-state index in [4.69, 9.17) is 0 Å². The van der Waals surface area contributed by atoms with Crippen LogP contribution in [0.2, 0.25) is 0 Å². The van der Waals surface area contributed by atoms with Gasteiger partial charge in [0.15, 0.2) is 0 Å². The van der Waals surface area contributed by atoms with E-state index in [2.05, 4.69) is 21.0 Å². The minimum atomic E-state index is -4.45. The van der Waals surface area contributed by atoms with Crippen LogP contribution in [0.5, 0.6) is 0 Å². The van der Waals surface area contributed by atoms with E-state index in [1.165, 1.54) is 12.3 Å². The number of pyridine rings is 1. The van der Waals surface area contributed by atoms with E-state index < -0.39 is 11.9 Å². The van der Waals surface area contributed by atoms with Crippen LogP contribution >= 0.6 is 0 Å². The summed E-state index contributed by atoms with van der Waals surface area (Å²) in [7, 11) is 0. The summed E-state index contributed by atoms with van der Waals surface area (Å²) in [6.07, 6.45) is -0.655. The average Bonchev–Trinajstić information content (AvgIpc) is 3.38. The van der Waals surface area contributed by atoms with Gasteiger partial charge in [-0.15, -0.1) is 0 Å². The monoisotopic (exact) mass is 383 g/mol. The molecule has 3 N–H and O–H groups in total. The van der Waals surface area contributed by atoms with Crippen molar-refractivity contribution in [3.63, 3.8) is 0 Å². The van der Waals surface area contributed by atoms with E-state index in [0.29, 0.717) is 17.9 Å². The van der Waals surface area contributed by atoms with E-state index in [-0.39, 0.29) is 36.2 Å². The Morgan fingerprint density at radius 3 is 2.63 bits per heavy atom. The third kappa shape index (κ3) is 3.43.